The lowest BCUT2D eigenvalue weighted by molar-refractivity contribution is -0.384. The van der Waals surface area contributed by atoms with Gasteiger partial charge in [-0.1, -0.05) is 18.2 Å². The fourth-order valence-corrected chi connectivity index (χ4v) is 3.09. The first-order valence-electron chi connectivity index (χ1n) is 9.49. The monoisotopic (exact) mass is 450 g/mol. The molecule has 11 heteroatoms. The number of non-ortho nitro benzene ring substituents is 1. The van der Waals surface area contributed by atoms with Crippen molar-refractivity contribution in [1.82, 2.24) is 5.32 Å². The van der Waals surface area contributed by atoms with Crippen molar-refractivity contribution < 1.29 is 37.9 Å². The van der Waals surface area contributed by atoms with E-state index < -0.39 is 64.8 Å². The Kier molecular flexibility index (Phi) is 8.33. The first kappa shape index (κ1) is 24.4. The van der Waals surface area contributed by atoms with E-state index in [1.807, 2.05) is 0 Å². The van der Waals surface area contributed by atoms with Crippen molar-refractivity contribution in [2.75, 3.05) is 6.61 Å². The number of hydrogen-bond donors (Lipinski definition) is 2. The summed E-state index contributed by atoms with van der Waals surface area (Å²) in [5.41, 5.74) is -0.575. The van der Waals surface area contributed by atoms with Gasteiger partial charge < -0.3 is 15.2 Å². The first-order chi connectivity index (χ1) is 15.1. The highest BCUT2D eigenvalue weighted by atomic mass is 19.1. The zero-order valence-corrected chi connectivity index (χ0v) is 16.9. The molecule has 2 rings (SSSR count). The molecule has 0 aromatic heterocycles. The number of carboxylic acids is 1. The highest BCUT2D eigenvalue weighted by Crippen LogP contribution is 2.27. The van der Waals surface area contributed by atoms with Crippen LogP contribution in [0.15, 0.2) is 42.5 Å². The van der Waals surface area contributed by atoms with Crippen LogP contribution in [0.5, 0.6) is 0 Å². The molecule has 0 saturated heterocycles. The van der Waals surface area contributed by atoms with Crippen LogP contribution in [0.25, 0.3) is 0 Å². The van der Waals surface area contributed by atoms with Crippen LogP contribution in [0, 0.1) is 21.7 Å². The lowest BCUT2D eigenvalue weighted by Crippen LogP contribution is -2.46. The number of nitro benzene ring substituents is 1. The van der Waals surface area contributed by atoms with Gasteiger partial charge in [0.1, 0.15) is 17.7 Å². The third-order valence-electron chi connectivity index (χ3n) is 4.61. The van der Waals surface area contributed by atoms with Gasteiger partial charge in [-0.3, -0.25) is 19.7 Å². The van der Waals surface area contributed by atoms with Gasteiger partial charge in [0.15, 0.2) is 0 Å². The van der Waals surface area contributed by atoms with Crippen LogP contribution < -0.4 is 5.32 Å². The summed E-state index contributed by atoms with van der Waals surface area (Å²) in [7, 11) is 0. The van der Waals surface area contributed by atoms with Gasteiger partial charge in [0.05, 0.1) is 24.4 Å². The topological polar surface area (TPSA) is 136 Å². The second-order valence-corrected chi connectivity index (χ2v) is 6.72. The Labute approximate surface area is 181 Å². The summed E-state index contributed by atoms with van der Waals surface area (Å²) in [4.78, 5) is 46.6. The van der Waals surface area contributed by atoms with Crippen LogP contribution in [-0.4, -0.2) is 40.5 Å². The van der Waals surface area contributed by atoms with Gasteiger partial charge in [-0.25, -0.2) is 13.6 Å². The standard InChI is InChI=1S/C21H20F2N2O7/c1-2-32-19(27)11-14(12-6-8-13(9-7-12)25(30)31)20(21(28)29)24-18(26)10-15-16(22)4-3-5-17(15)23/h3-9,14,20H,2,10-11H2,1H3,(H,24,26)(H,28,29)/t14-,20-/m1/s1. The highest BCUT2D eigenvalue weighted by molar-refractivity contribution is 5.86. The van der Waals surface area contributed by atoms with Crippen LogP contribution in [-0.2, 0) is 25.5 Å². The Balaban J connectivity index is 2.33. The smallest absolute Gasteiger partial charge is 0.326 e. The molecule has 2 N–H and O–H groups in total. The number of nitrogens with zero attached hydrogens (tertiary/aromatic N) is 1. The summed E-state index contributed by atoms with van der Waals surface area (Å²) in [5, 5.41) is 22.8. The van der Waals surface area contributed by atoms with Crippen molar-refractivity contribution in [3.8, 4) is 0 Å². The van der Waals surface area contributed by atoms with E-state index in [1.54, 1.807) is 6.92 Å². The molecule has 0 spiro atoms. The van der Waals surface area contributed by atoms with E-state index in [1.165, 1.54) is 12.1 Å². The van der Waals surface area contributed by atoms with Crippen molar-refractivity contribution in [3.63, 3.8) is 0 Å². The number of nitrogens with one attached hydrogen (secondary N) is 1. The molecule has 1 amide bonds. The van der Waals surface area contributed by atoms with Crippen molar-refractivity contribution in [3.05, 3.63) is 75.3 Å². The normalized spacial score (nSPS) is 12.5. The van der Waals surface area contributed by atoms with Crippen molar-refractivity contribution >= 4 is 23.5 Å². The summed E-state index contributed by atoms with van der Waals surface area (Å²) >= 11 is 0. The largest absolute Gasteiger partial charge is 0.480 e. The molecule has 0 radical (unpaired) electrons. The fraction of sp³-hybridized carbons (Fsp3) is 0.286. The van der Waals surface area contributed by atoms with E-state index in [4.69, 9.17) is 4.74 Å². The highest BCUT2D eigenvalue weighted by Gasteiger charge is 2.34. The number of carboxylic acid groups (broad SMARTS) is 1. The zero-order valence-electron chi connectivity index (χ0n) is 16.9. The number of amides is 1. The maximum absolute atomic E-state index is 13.8. The lowest BCUT2D eigenvalue weighted by Gasteiger charge is -2.25. The van der Waals surface area contributed by atoms with Crippen LogP contribution in [0.4, 0.5) is 14.5 Å². The van der Waals surface area contributed by atoms with Gasteiger partial charge in [0, 0.05) is 23.6 Å². The summed E-state index contributed by atoms with van der Waals surface area (Å²) in [6, 6.07) is 6.15. The Morgan fingerprint density at radius 2 is 1.72 bits per heavy atom. The van der Waals surface area contributed by atoms with Crippen LogP contribution >= 0.6 is 0 Å². The van der Waals surface area contributed by atoms with E-state index in [0.717, 1.165) is 30.3 Å². The Morgan fingerprint density at radius 3 is 2.22 bits per heavy atom. The zero-order chi connectivity index (χ0) is 23.8. The molecule has 2 aromatic carbocycles. The second-order valence-electron chi connectivity index (χ2n) is 6.72. The summed E-state index contributed by atoms with van der Waals surface area (Å²) < 4.78 is 32.5. The van der Waals surface area contributed by atoms with Crippen molar-refractivity contribution in [2.24, 2.45) is 0 Å². The van der Waals surface area contributed by atoms with E-state index in [-0.39, 0.29) is 17.9 Å². The Morgan fingerprint density at radius 1 is 1.12 bits per heavy atom. The molecular weight excluding hydrogens is 430 g/mol. The minimum absolute atomic E-state index is 0.0302. The van der Waals surface area contributed by atoms with Crippen LogP contribution in [0.1, 0.15) is 30.4 Å². The third-order valence-corrected chi connectivity index (χ3v) is 4.61. The molecule has 0 fully saturated rings. The van der Waals surface area contributed by atoms with Crippen molar-refractivity contribution in [2.45, 2.75) is 31.7 Å². The molecule has 9 nitrogen and oxygen atoms in total. The third kappa shape index (κ3) is 6.30. The SMILES string of the molecule is CCOC(=O)C[C@H](c1ccc([N+](=O)[O-])cc1)[C@@H](NC(=O)Cc1c(F)cccc1F)C(=O)O. The van der Waals surface area contributed by atoms with E-state index in [9.17, 15) is 38.4 Å². The summed E-state index contributed by atoms with van der Waals surface area (Å²) in [6.07, 6.45) is -1.23. The number of aliphatic carboxylic acids is 1. The van der Waals surface area contributed by atoms with E-state index in [0.29, 0.717) is 0 Å². The summed E-state index contributed by atoms with van der Waals surface area (Å²) in [6.45, 7) is 1.58. The molecule has 0 heterocycles. The number of nitro groups is 1. The van der Waals surface area contributed by atoms with E-state index in [2.05, 4.69) is 5.32 Å². The molecule has 0 aliphatic carbocycles. The van der Waals surface area contributed by atoms with Crippen LogP contribution in [0.2, 0.25) is 0 Å². The maximum Gasteiger partial charge on any atom is 0.326 e. The molecule has 0 aliphatic heterocycles. The number of carbonyl (C=O) groups is 3. The minimum Gasteiger partial charge on any atom is -0.480 e. The molecule has 0 aliphatic rings. The van der Waals surface area contributed by atoms with Gasteiger partial charge in [0.25, 0.3) is 5.69 Å². The molecule has 170 valence electrons. The van der Waals surface area contributed by atoms with Gasteiger partial charge >= 0.3 is 11.9 Å². The van der Waals surface area contributed by atoms with Crippen LogP contribution in [0.3, 0.4) is 0 Å². The number of carbonyl (C=O) groups excluding carboxylic acids is 2. The van der Waals surface area contributed by atoms with Gasteiger partial charge in [-0.05, 0) is 24.6 Å². The number of hydrogen-bond acceptors (Lipinski definition) is 6. The lowest BCUT2D eigenvalue weighted by atomic mass is 9.88. The molecule has 0 unspecified atom stereocenters. The van der Waals surface area contributed by atoms with Crippen molar-refractivity contribution in [1.29, 1.82) is 0 Å². The molecule has 0 saturated carbocycles. The molecule has 0 bridgehead atoms. The second kappa shape index (κ2) is 10.9. The van der Waals surface area contributed by atoms with Gasteiger partial charge in [0.2, 0.25) is 5.91 Å². The number of benzene rings is 2. The average Bonchev–Trinajstić information content (AvgIpc) is 2.73. The molecule has 32 heavy (non-hydrogen) atoms. The predicted octanol–water partition coefficient (Wildman–Crippen LogP) is 2.72. The minimum atomic E-state index is -1.68. The summed E-state index contributed by atoms with van der Waals surface area (Å²) in [5.74, 6) is -6.36. The quantitative estimate of drug-likeness (QED) is 0.323. The molecule has 2 aromatic rings. The number of ether oxygens (including phenoxy) is 1. The maximum atomic E-state index is 13.8. The first-order valence-corrected chi connectivity index (χ1v) is 9.49. The Hall–Kier alpha value is -3.89. The number of esters is 1. The number of halogens is 2. The van der Waals surface area contributed by atoms with Gasteiger partial charge in [-0.15, -0.1) is 0 Å². The molecular formula is C21H20F2N2O7. The average molecular weight is 450 g/mol. The molecule has 2 atom stereocenters. The predicted molar refractivity (Wildman–Crippen MR) is 107 cm³/mol. The van der Waals surface area contributed by atoms with Gasteiger partial charge in [-0.2, -0.15) is 0 Å². The van der Waals surface area contributed by atoms with E-state index >= 15 is 0 Å². The Bertz CT molecular complexity index is 991. The number of rotatable bonds is 10. The fourth-order valence-electron chi connectivity index (χ4n) is 3.09.